The maximum absolute atomic E-state index is 13.7. The molecule has 0 aliphatic heterocycles. The third kappa shape index (κ3) is 3.41. The highest BCUT2D eigenvalue weighted by molar-refractivity contribution is 7.92. The van der Waals surface area contributed by atoms with Gasteiger partial charge in [0.2, 0.25) is 10.0 Å². The lowest BCUT2D eigenvalue weighted by molar-refractivity contribution is 0.496. The Kier molecular flexibility index (Phi) is 5.53. The molecule has 0 spiro atoms. The zero-order valence-corrected chi connectivity index (χ0v) is 17.6. The van der Waals surface area contributed by atoms with E-state index in [0.29, 0.717) is 5.69 Å². The van der Waals surface area contributed by atoms with Crippen molar-refractivity contribution in [1.82, 2.24) is 4.98 Å². The minimum Gasteiger partial charge on any atom is -0.359 e. The van der Waals surface area contributed by atoms with Gasteiger partial charge in [0.1, 0.15) is 5.82 Å². The van der Waals surface area contributed by atoms with Gasteiger partial charge in [-0.25, -0.2) is 12.8 Å². The van der Waals surface area contributed by atoms with E-state index in [0.717, 1.165) is 47.5 Å². The minimum absolute atomic E-state index is 0. The standard InChI is InChI=1S/C20H21FN2O2S.C2H6.2H2/c1-3-20(10-9-13-11-14(21)7-8-16(13)20)17-12-22-19-15(17)5-4-6-18(19)23-26(2,24)25;1-2;;/h4-8,11-12,22-23H,3,9-10H2,1-2H3;1-2H3;2*1H. The van der Waals surface area contributed by atoms with Gasteiger partial charge in [-0.1, -0.05) is 39.0 Å². The number of aromatic amines is 1. The lowest BCUT2D eigenvalue weighted by Crippen LogP contribution is -2.23. The Labute approximate surface area is 169 Å². The SMILES string of the molecule is CC.CCC1(c2c[nH]c3c(NS(C)(=O)=O)cccc23)CCc2cc(F)ccc21.[HH].[HH]. The zero-order valence-electron chi connectivity index (χ0n) is 16.8. The summed E-state index contributed by atoms with van der Waals surface area (Å²) in [6.07, 6.45) is 5.77. The van der Waals surface area contributed by atoms with Crippen molar-refractivity contribution in [2.24, 2.45) is 0 Å². The number of fused-ring (bicyclic) bond motifs is 2. The van der Waals surface area contributed by atoms with Crippen LogP contribution in [0.25, 0.3) is 10.9 Å². The number of para-hydroxylation sites is 1. The van der Waals surface area contributed by atoms with Crippen molar-refractivity contribution in [3.63, 3.8) is 0 Å². The predicted molar refractivity (Wildman–Crippen MR) is 118 cm³/mol. The van der Waals surface area contributed by atoms with Crippen LogP contribution in [-0.2, 0) is 21.9 Å². The van der Waals surface area contributed by atoms with Crippen LogP contribution in [-0.4, -0.2) is 19.7 Å². The fourth-order valence-electron chi connectivity index (χ4n) is 4.39. The highest BCUT2D eigenvalue weighted by Gasteiger charge is 2.40. The first-order valence-electron chi connectivity index (χ1n) is 9.71. The lowest BCUT2D eigenvalue weighted by atomic mass is 9.73. The van der Waals surface area contributed by atoms with Gasteiger partial charge in [-0.05, 0) is 54.2 Å². The Hall–Kier alpha value is -2.34. The molecule has 4 nitrogen and oxygen atoms in total. The molecule has 0 radical (unpaired) electrons. The van der Waals surface area contributed by atoms with E-state index in [9.17, 15) is 12.8 Å². The van der Waals surface area contributed by atoms with Crippen LogP contribution in [0.1, 0.15) is 53.2 Å². The second kappa shape index (κ2) is 7.59. The van der Waals surface area contributed by atoms with Crippen molar-refractivity contribution < 1.29 is 15.7 Å². The Morgan fingerprint density at radius 3 is 2.64 bits per heavy atom. The molecule has 1 atom stereocenters. The summed E-state index contributed by atoms with van der Waals surface area (Å²) in [6.45, 7) is 6.15. The molecule has 1 heterocycles. The Morgan fingerprint density at radius 1 is 1.21 bits per heavy atom. The van der Waals surface area contributed by atoms with Gasteiger partial charge in [-0.2, -0.15) is 0 Å². The van der Waals surface area contributed by atoms with Crippen molar-refractivity contribution in [2.75, 3.05) is 11.0 Å². The average molecular weight is 407 g/mol. The fraction of sp³-hybridized carbons (Fsp3) is 0.364. The maximum atomic E-state index is 13.7. The summed E-state index contributed by atoms with van der Waals surface area (Å²) in [5.74, 6) is -0.200. The number of sulfonamides is 1. The smallest absolute Gasteiger partial charge is 0.229 e. The third-order valence-electron chi connectivity index (χ3n) is 5.53. The Balaban J connectivity index is 0.00000109. The maximum Gasteiger partial charge on any atom is 0.229 e. The van der Waals surface area contributed by atoms with E-state index in [4.69, 9.17) is 0 Å². The summed E-state index contributed by atoms with van der Waals surface area (Å²) >= 11 is 0. The van der Waals surface area contributed by atoms with E-state index in [-0.39, 0.29) is 14.1 Å². The molecule has 0 amide bonds. The summed E-state index contributed by atoms with van der Waals surface area (Å²) in [5.41, 5.74) is 4.49. The number of aromatic nitrogens is 1. The summed E-state index contributed by atoms with van der Waals surface area (Å²) in [7, 11) is -3.36. The van der Waals surface area contributed by atoms with Crippen LogP contribution in [0.5, 0.6) is 0 Å². The molecule has 2 aromatic carbocycles. The number of H-pyrrole nitrogens is 1. The zero-order chi connectivity index (χ0) is 20.5. The van der Waals surface area contributed by atoms with Crippen LogP contribution in [0.4, 0.5) is 10.1 Å². The lowest BCUT2D eigenvalue weighted by Gasteiger charge is -2.29. The van der Waals surface area contributed by atoms with Gasteiger partial charge >= 0.3 is 0 Å². The highest BCUT2D eigenvalue weighted by atomic mass is 32.2. The van der Waals surface area contributed by atoms with Crippen LogP contribution in [0.3, 0.4) is 0 Å². The van der Waals surface area contributed by atoms with Crippen molar-refractivity contribution >= 4 is 26.6 Å². The molecular formula is C22H31FN2O2S. The monoisotopic (exact) mass is 406 g/mol. The molecule has 3 aromatic rings. The fourth-order valence-corrected chi connectivity index (χ4v) is 4.96. The topological polar surface area (TPSA) is 62.0 Å². The third-order valence-corrected chi connectivity index (χ3v) is 6.12. The number of anilines is 1. The van der Waals surface area contributed by atoms with Crippen molar-refractivity contribution in [3.8, 4) is 0 Å². The van der Waals surface area contributed by atoms with Crippen LogP contribution in [0.15, 0.2) is 42.6 Å². The second-order valence-electron chi connectivity index (χ2n) is 7.04. The average Bonchev–Trinajstić information content (AvgIpc) is 3.24. The predicted octanol–water partition coefficient (Wildman–Crippen LogP) is 5.84. The summed E-state index contributed by atoms with van der Waals surface area (Å²) in [4.78, 5) is 3.26. The summed E-state index contributed by atoms with van der Waals surface area (Å²) in [6, 6.07) is 10.7. The largest absolute Gasteiger partial charge is 0.359 e. The van der Waals surface area contributed by atoms with Crippen molar-refractivity contribution in [3.05, 3.63) is 65.1 Å². The first kappa shape index (κ1) is 20.4. The Bertz CT molecular complexity index is 1120. The number of hydrogen-bond donors (Lipinski definition) is 2. The van der Waals surface area contributed by atoms with Gasteiger partial charge in [0.15, 0.2) is 0 Å². The minimum atomic E-state index is -3.36. The number of hydrogen-bond acceptors (Lipinski definition) is 2. The molecule has 0 bridgehead atoms. The molecule has 6 heteroatoms. The number of nitrogens with one attached hydrogen (secondary N) is 2. The van der Waals surface area contributed by atoms with Gasteiger partial charge in [0, 0.05) is 19.9 Å². The van der Waals surface area contributed by atoms with Crippen molar-refractivity contribution in [1.29, 1.82) is 0 Å². The molecule has 1 aliphatic carbocycles. The summed E-state index contributed by atoms with van der Waals surface area (Å²) < 4.78 is 39.6. The molecular weight excluding hydrogens is 375 g/mol. The van der Waals surface area contributed by atoms with E-state index >= 15 is 0 Å². The second-order valence-corrected chi connectivity index (χ2v) is 8.79. The van der Waals surface area contributed by atoms with Crippen LogP contribution >= 0.6 is 0 Å². The van der Waals surface area contributed by atoms with E-state index < -0.39 is 10.0 Å². The number of rotatable bonds is 4. The number of halogens is 1. The first-order chi connectivity index (χ1) is 13.3. The van der Waals surface area contributed by atoms with E-state index in [1.165, 1.54) is 11.6 Å². The summed E-state index contributed by atoms with van der Waals surface area (Å²) in [5, 5.41) is 0.998. The molecule has 2 N–H and O–H groups in total. The molecule has 0 fully saturated rings. The van der Waals surface area contributed by atoms with E-state index in [1.54, 1.807) is 12.1 Å². The molecule has 0 saturated heterocycles. The van der Waals surface area contributed by atoms with Crippen LogP contribution in [0, 0.1) is 5.82 Å². The Morgan fingerprint density at radius 2 is 1.96 bits per heavy atom. The quantitative estimate of drug-likeness (QED) is 0.572. The van der Waals surface area contributed by atoms with E-state index in [1.807, 2.05) is 38.2 Å². The van der Waals surface area contributed by atoms with Crippen LogP contribution in [0.2, 0.25) is 0 Å². The molecule has 154 valence electrons. The normalized spacial score (nSPS) is 18.5. The van der Waals surface area contributed by atoms with Gasteiger partial charge in [-0.3, -0.25) is 4.72 Å². The van der Waals surface area contributed by atoms with Gasteiger partial charge in [0.25, 0.3) is 0 Å². The van der Waals surface area contributed by atoms with E-state index in [2.05, 4.69) is 16.6 Å². The highest BCUT2D eigenvalue weighted by Crippen LogP contribution is 2.49. The molecule has 28 heavy (non-hydrogen) atoms. The molecule has 1 aliphatic rings. The number of benzene rings is 2. The van der Waals surface area contributed by atoms with Gasteiger partial charge < -0.3 is 4.98 Å². The first-order valence-corrected chi connectivity index (χ1v) is 11.6. The molecule has 0 saturated carbocycles. The molecule has 4 rings (SSSR count). The number of aryl methyl sites for hydroxylation is 1. The van der Waals surface area contributed by atoms with Gasteiger partial charge in [0.05, 0.1) is 17.5 Å². The van der Waals surface area contributed by atoms with Gasteiger partial charge in [-0.15, -0.1) is 0 Å². The van der Waals surface area contributed by atoms with Crippen LogP contribution < -0.4 is 4.72 Å². The molecule has 1 unspecified atom stereocenters. The molecule has 1 aromatic heterocycles. The van der Waals surface area contributed by atoms with Crippen molar-refractivity contribution in [2.45, 2.75) is 45.4 Å².